The van der Waals surface area contributed by atoms with Gasteiger partial charge in [0.05, 0.1) is 5.69 Å². The first-order valence-corrected chi connectivity index (χ1v) is 6.04. The Bertz CT molecular complexity index is 573. The number of amides is 1. The molecule has 1 N–H and O–H groups in total. The maximum Gasteiger partial charge on any atom is 0.256 e. The third-order valence-corrected chi connectivity index (χ3v) is 2.90. The molecular weight excluding hydrogens is 247 g/mol. The summed E-state index contributed by atoms with van der Waals surface area (Å²) in [6.07, 6.45) is 0.446. The second-order valence-corrected chi connectivity index (χ2v) is 4.30. The molecule has 0 unspecified atom stereocenters. The van der Waals surface area contributed by atoms with Gasteiger partial charge in [0.1, 0.15) is 17.1 Å². The summed E-state index contributed by atoms with van der Waals surface area (Å²) in [6.45, 7) is 3.76. The monoisotopic (exact) mass is 262 g/mol. The largest absolute Gasteiger partial charge is 0.361 e. The van der Waals surface area contributed by atoms with Crippen molar-refractivity contribution in [3.8, 4) is 0 Å². The summed E-state index contributed by atoms with van der Waals surface area (Å²) in [5, 5.41) is 6.46. The van der Waals surface area contributed by atoms with E-state index in [9.17, 15) is 9.18 Å². The summed E-state index contributed by atoms with van der Waals surface area (Å²) in [7, 11) is 0. The summed E-state index contributed by atoms with van der Waals surface area (Å²) >= 11 is 0. The van der Waals surface area contributed by atoms with Crippen LogP contribution in [0.15, 0.2) is 28.8 Å². The molecule has 2 aromatic rings. The molecular formula is C14H15FN2O2. The highest BCUT2D eigenvalue weighted by molar-refractivity contribution is 5.96. The highest BCUT2D eigenvalue weighted by Crippen LogP contribution is 2.12. The normalized spacial score (nSPS) is 10.5. The van der Waals surface area contributed by atoms with Gasteiger partial charge < -0.3 is 9.84 Å². The van der Waals surface area contributed by atoms with Gasteiger partial charge in [0.25, 0.3) is 5.91 Å². The van der Waals surface area contributed by atoms with Crippen LogP contribution in [-0.4, -0.2) is 17.6 Å². The molecule has 1 aromatic heterocycles. The Morgan fingerprint density at radius 2 is 2.11 bits per heavy atom. The number of hydrogen-bond donors (Lipinski definition) is 1. The Morgan fingerprint density at radius 3 is 2.74 bits per heavy atom. The van der Waals surface area contributed by atoms with Crippen molar-refractivity contribution < 1.29 is 13.7 Å². The van der Waals surface area contributed by atoms with Crippen molar-refractivity contribution in [1.82, 2.24) is 10.5 Å². The van der Waals surface area contributed by atoms with E-state index in [1.807, 2.05) is 0 Å². The van der Waals surface area contributed by atoms with Crippen molar-refractivity contribution in [3.05, 3.63) is 52.7 Å². The summed E-state index contributed by atoms with van der Waals surface area (Å²) in [4.78, 5) is 11.9. The van der Waals surface area contributed by atoms with Crippen molar-refractivity contribution in [3.63, 3.8) is 0 Å². The third-order valence-electron chi connectivity index (χ3n) is 2.90. The molecule has 0 aliphatic heterocycles. The molecule has 2 rings (SSSR count). The van der Waals surface area contributed by atoms with Gasteiger partial charge in [-0.1, -0.05) is 23.4 Å². The fourth-order valence-corrected chi connectivity index (χ4v) is 1.91. The minimum Gasteiger partial charge on any atom is -0.361 e. The lowest BCUT2D eigenvalue weighted by molar-refractivity contribution is 0.0952. The molecule has 1 heterocycles. The van der Waals surface area contributed by atoms with Gasteiger partial charge in [-0.05, 0) is 31.9 Å². The molecule has 19 heavy (non-hydrogen) atoms. The van der Waals surface area contributed by atoms with E-state index in [0.717, 1.165) is 0 Å². The van der Waals surface area contributed by atoms with Crippen LogP contribution in [0.5, 0.6) is 0 Å². The molecule has 0 fully saturated rings. The number of halogens is 1. The van der Waals surface area contributed by atoms with Crippen molar-refractivity contribution in [2.75, 3.05) is 6.54 Å². The predicted octanol–water partition coefficient (Wildman–Crippen LogP) is 2.40. The average molecular weight is 262 g/mol. The van der Waals surface area contributed by atoms with Crippen LogP contribution in [0, 0.1) is 19.7 Å². The van der Waals surface area contributed by atoms with E-state index in [4.69, 9.17) is 4.52 Å². The van der Waals surface area contributed by atoms with E-state index < -0.39 is 0 Å². The molecule has 0 saturated carbocycles. The van der Waals surface area contributed by atoms with Gasteiger partial charge in [0.2, 0.25) is 0 Å². The minimum atomic E-state index is -0.255. The number of aryl methyl sites for hydroxylation is 2. The van der Waals surface area contributed by atoms with Gasteiger partial charge in [0.15, 0.2) is 0 Å². The van der Waals surface area contributed by atoms with Crippen LogP contribution in [-0.2, 0) is 6.42 Å². The zero-order chi connectivity index (χ0) is 13.8. The number of rotatable bonds is 4. The van der Waals surface area contributed by atoms with E-state index in [1.165, 1.54) is 6.07 Å². The van der Waals surface area contributed by atoms with Crippen molar-refractivity contribution in [2.24, 2.45) is 0 Å². The molecule has 1 aromatic carbocycles. The number of benzene rings is 1. The summed E-state index contributed by atoms with van der Waals surface area (Å²) in [6, 6.07) is 6.53. The molecule has 0 radical (unpaired) electrons. The number of hydrogen-bond acceptors (Lipinski definition) is 3. The SMILES string of the molecule is Cc1noc(C)c1C(=O)NCCc1ccccc1F. The zero-order valence-electron chi connectivity index (χ0n) is 10.9. The lowest BCUT2D eigenvalue weighted by Crippen LogP contribution is -2.26. The Kier molecular flexibility index (Phi) is 3.94. The Balaban J connectivity index is 1.93. The van der Waals surface area contributed by atoms with Gasteiger partial charge in [0, 0.05) is 6.54 Å². The first-order valence-electron chi connectivity index (χ1n) is 6.04. The van der Waals surface area contributed by atoms with Gasteiger partial charge in [-0.2, -0.15) is 0 Å². The van der Waals surface area contributed by atoms with Gasteiger partial charge >= 0.3 is 0 Å². The average Bonchev–Trinajstić information content (AvgIpc) is 2.71. The van der Waals surface area contributed by atoms with Crippen molar-refractivity contribution >= 4 is 5.91 Å². The van der Waals surface area contributed by atoms with Crippen LogP contribution >= 0.6 is 0 Å². The lowest BCUT2D eigenvalue weighted by Gasteiger charge is -2.05. The van der Waals surface area contributed by atoms with E-state index in [1.54, 1.807) is 32.0 Å². The molecule has 1 amide bonds. The van der Waals surface area contributed by atoms with Crippen molar-refractivity contribution in [2.45, 2.75) is 20.3 Å². The number of carbonyl (C=O) groups is 1. The van der Waals surface area contributed by atoms with Crippen LogP contribution in [0.3, 0.4) is 0 Å². The molecule has 0 spiro atoms. The predicted molar refractivity (Wildman–Crippen MR) is 68.4 cm³/mol. The van der Waals surface area contributed by atoms with E-state index in [-0.39, 0.29) is 11.7 Å². The molecule has 100 valence electrons. The number of aromatic nitrogens is 1. The molecule has 5 heteroatoms. The summed E-state index contributed by atoms with van der Waals surface area (Å²) < 4.78 is 18.3. The Labute approximate surface area is 110 Å². The second kappa shape index (κ2) is 5.65. The van der Waals surface area contributed by atoms with Gasteiger partial charge in [-0.15, -0.1) is 0 Å². The molecule has 0 aliphatic rings. The van der Waals surface area contributed by atoms with E-state index >= 15 is 0 Å². The van der Waals surface area contributed by atoms with Gasteiger partial charge in [-0.25, -0.2) is 4.39 Å². The first kappa shape index (κ1) is 13.3. The Morgan fingerprint density at radius 1 is 1.37 bits per heavy atom. The molecule has 4 nitrogen and oxygen atoms in total. The number of nitrogens with one attached hydrogen (secondary N) is 1. The van der Waals surface area contributed by atoms with E-state index in [0.29, 0.717) is 35.5 Å². The summed E-state index contributed by atoms with van der Waals surface area (Å²) in [5.74, 6) is -0.0115. The quantitative estimate of drug-likeness (QED) is 0.920. The molecule has 0 aliphatic carbocycles. The standard InChI is InChI=1S/C14H15FN2O2/c1-9-13(10(2)19-17-9)14(18)16-8-7-11-5-3-4-6-12(11)15/h3-6H,7-8H2,1-2H3,(H,16,18). The first-order chi connectivity index (χ1) is 9.09. The minimum absolute atomic E-state index is 0.243. The fraction of sp³-hybridized carbons (Fsp3) is 0.286. The zero-order valence-corrected chi connectivity index (χ0v) is 10.9. The van der Waals surface area contributed by atoms with Crippen LogP contribution in [0.1, 0.15) is 27.4 Å². The van der Waals surface area contributed by atoms with E-state index in [2.05, 4.69) is 10.5 Å². The smallest absolute Gasteiger partial charge is 0.256 e. The summed E-state index contributed by atoms with van der Waals surface area (Å²) in [5.41, 5.74) is 1.59. The lowest BCUT2D eigenvalue weighted by atomic mass is 10.1. The topological polar surface area (TPSA) is 55.1 Å². The maximum absolute atomic E-state index is 13.4. The second-order valence-electron chi connectivity index (χ2n) is 4.30. The number of carbonyl (C=O) groups excluding carboxylic acids is 1. The number of nitrogens with zero attached hydrogens (tertiary/aromatic N) is 1. The van der Waals surface area contributed by atoms with Crippen LogP contribution in [0.25, 0.3) is 0 Å². The highest BCUT2D eigenvalue weighted by Gasteiger charge is 2.16. The van der Waals surface area contributed by atoms with Crippen LogP contribution in [0.2, 0.25) is 0 Å². The van der Waals surface area contributed by atoms with Crippen LogP contribution in [0.4, 0.5) is 4.39 Å². The Hall–Kier alpha value is -2.17. The van der Waals surface area contributed by atoms with Crippen LogP contribution < -0.4 is 5.32 Å². The highest BCUT2D eigenvalue weighted by atomic mass is 19.1. The molecule has 0 atom stereocenters. The third kappa shape index (κ3) is 2.99. The van der Waals surface area contributed by atoms with Crippen molar-refractivity contribution in [1.29, 1.82) is 0 Å². The maximum atomic E-state index is 13.4. The molecule has 0 bridgehead atoms. The fourth-order valence-electron chi connectivity index (χ4n) is 1.91. The van der Waals surface area contributed by atoms with Gasteiger partial charge in [-0.3, -0.25) is 4.79 Å². The molecule has 0 saturated heterocycles.